The molecule has 3 fully saturated rings. The van der Waals surface area contributed by atoms with E-state index in [4.69, 9.17) is 0 Å². The largest absolute Gasteiger partial charge is 0.390 e. The van der Waals surface area contributed by atoms with Gasteiger partial charge in [-0.15, -0.1) is 0 Å². The first-order valence-corrected chi connectivity index (χ1v) is 13.3. The third-order valence-electron chi connectivity index (χ3n) is 11.2. The van der Waals surface area contributed by atoms with Crippen molar-refractivity contribution in [3.8, 4) is 0 Å². The first kappa shape index (κ1) is 26.3. The maximum atomic E-state index is 13.3. The van der Waals surface area contributed by atoms with Gasteiger partial charge in [0.1, 0.15) is 0 Å². The summed E-state index contributed by atoms with van der Waals surface area (Å²) in [7, 11) is 0. The van der Waals surface area contributed by atoms with Crippen LogP contribution in [0.15, 0.2) is 11.6 Å². The lowest BCUT2D eigenvalue weighted by molar-refractivity contribution is -0.177. The molecule has 194 valence electrons. The highest BCUT2D eigenvalue weighted by molar-refractivity contribution is 5.95. The SMILES string of the molecule is CC(C)[C@@H](C)C[C@@H](O)[C@](C)(O)C1CC[C@@]2(O)C3=CC(=O)C4C[C@@H](O)[C@@H](O)C[C@]4(C)C3CC[C@]12C. The number of hydrogen-bond acceptors (Lipinski definition) is 6. The van der Waals surface area contributed by atoms with Crippen LogP contribution in [0, 0.1) is 40.4 Å². The number of hydrogen-bond donors (Lipinski definition) is 5. The molecule has 0 amide bonds. The third kappa shape index (κ3) is 3.58. The van der Waals surface area contributed by atoms with Crippen LogP contribution in [0.4, 0.5) is 0 Å². The molecule has 4 aliphatic rings. The molecule has 11 atom stereocenters. The van der Waals surface area contributed by atoms with Gasteiger partial charge >= 0.3 is 0 Å². The van der Waals surface area contributed by atoms with Crippen LogP contribution in [0.2, 0.25) is 0 Å². The molecular weight excluding hydrogens is 432 g/mol. The molecule has 6 heteroatoms. The Morgan fingerprint density at radius 3 is 2.35 bits per heavy atom. The minimum absolute atomic E-state index is 0.0509. The molecule has 0 aliphatic heterocycles. The van der Waals surface area contributed by atoms with E-state index < -0.39 is 40.3 Å². The normalized spacial score (nSPS) is 47.8. The van der Waals surface area contributed by atoms with Crippen molar-refractivity contribution >= 4 is 5.78 Å². The van der Waals surface area contributed by atoms with Crippen molar-refractivity contribution in [2.75, 3.05) is 0 Å². The van der Waals surface area contributed by atoms with Gasteiger partial charge in [-0.1, -0.05) is 34.6 Å². The van der Waals surface area contributed by atoms with Gasteiger partial charge in [0.05, 0.1) is 29.5 Å². The molecule has 4 aliphatic carbocycles. The zero-order valence-corrected chi connectivity index (χ0v) is 21.8. The topological polar surface area (TPSA) is 118 Å². The molecule has 5 N–H and O–H groups in total. The zero-order valence-electron chi connectivity index (χ0n) is 21.8. The summed E-state index contributed by atoms with van der Waals surface area (Å²) in [6.45, 7) is 12.1. The lowest BCUT2D eigenvalue weighted by Gasteiger charge is -2.60. The predicted octanol–water partition coefficient (Wildman–Crippen LogP) is 2.99. The summed E-state index contributed by atoms with van der Waals surface area (Å²) in [6, 6.07) is 0. The maximum Gasteiger partial charge on any atom is 0.159 e. The lowest BCUT2D eigenvalue weighted by Crippen LogP contribution is -2.62. The number of aliphatic hydroxyl groups is 5. The maximum absolute atomic E-state index is 13.3. The highest BCUT2D eigenvalue weighted by Crippen LogP contribution is 2.68. The third-order valence-corrected chi connectivity index (χ3v) is 11.2. The Morgan fingerprint density at radius 2 is 1.74 bits per heavy atom. The minimum atomic E-state index is -1.36. The molecule has 0 aromatic heterocycles. The van der Waals surface area contributed by atoms with Gasteiger partial charge in [0.15, 0.2) is 5.78 Å². The summed E-state index contributed by atoms with van der Waals surface area (Å²) < 4.78 is 0. The van der Waals surface area contributed by atoms with Crippen molar-refractivity contribution in [3.63, 3.8) is 0 Å². The van der Waals surface area contributed by atoms with Crippen molar-refractivity contribution < 1.29 is 30.3 Å². The summed E-state index contributed by atoms with van der Waals surface area (Å²) in [5, 5.41) is 55.8. The summed E-state index contributed by atoms with van der Waals surface area (Å²) in [5.41, 5.74) is -3.03. The van der Waals surface area contributed by atoms with Crippen LogP contribution in [0.1, 0.15) is 86.5 Å². The standard InChI is InChI=1S/C28H46O6/c1-15(2)16(3)11-24(32)27(6,33)23-8-10-28(34)18-12-20(29)19-13-21(30)22(31)14-25(19,4)17(18)7-9-26(23,28)5/h12,15-17,19,21-24,30-34H,7-11,13-14H2,1-6H3/t16-,17?,19?,21+,22-,23?,24+,25+,26+,27+,28+/m0/s1. The molecular formula is C28H46O6. The van der Waals surface area contributed by atoms with Crippen molar-refractivity contribution in [2.24, 2.45) is 40.4 Å². The fraction of sp³-hybridized carbons (Fsp3) is 0.893. The monoisotopic (exact) mass is 478 g/mol. The molecule has 3 saturated carbocycles. The Morgan fingerprint density at radius 1 is 1.09 bits per heavy atom. The van der Waals surface area contributed by atoms with E-state index in [0.717, 1.165) is 12.0 Å². The van der Waals surface area contributed by atoms with Crippen LogP contribution in [-0.4, -0.2) is 60.8 Å². The van der Waals surface area contributed by atoms with E-state index in [2.05, 4.69) is 20.8 Å². The van der Waals surface area contributed by atoms with Crippen LogP contribution in [0.3, 0.4) is 0 Å². The van der Waals surface area contributed by atoms with E-state index in [9.17, 15) is 30.3 Å². The number of rotatable bonds is 5. The Balaban J connectivity index is 1.68. The average molecular weight is 479 g/mol. The summed E-state index contributed by atoms with van der Waals surface area (Å²) in [4.78, 5) is 13.3. The van der Waals surface area contributed by atoms with Crippen LogP contribution in [0.25, 0.3) is 0 Å². The first-order chi connectivity index (χ1) is 15.6. The van der Waals surface area contributed by atoms with Crippen LogP contribution < -0.4 is 0 Å². The number of allylic oxidation sites excluding steroid dienone is 1. The van der Waals surface area contributed by atoms with E-state index >= 15 is 0 Å². The Kier molecular flexibility index (Phi) is 6.47. The van der Waals surface area contributed by atoms with Gasteiger partial charge in [0, 0.05) is 11.3 Å². The molecule has 3 unspecified atom stereocenters. The van der Waals surface area contributed by atoms with Gasteiger partial charge < -0.3 is 25.5 Å². The lowest BCUT2D eigenvalue weighted by atomic mass is 9.45. The number of aliphatic hydroxyl groups excluding tert-OH is 3. The van der Waals surface area contributed by atoms with E-state index in [1.807, 2.05) is 13.8 Å². The van der Waals surface area contributed by atoms with Crippen molar-refractivity contribution in [1.29, 1.82) is 0 Å². The van der Waals surface area contributed by atoms with Crippen LogP contribution in [0.5, 0.6) is 0 Å². The van der Waals surface area contributed by atoms with E-state index in [1.165, 1.54) is 0 Å². The highest BCUT2D eigenvalue weighted by atomic mass is 16.3. The average Bonchev–Trinajstić information content (AvgIpc) is 3.02. The summed E-state index contributed by atoms with van der Waals surface area (Å²) in [5.74, 6) is -0.126. The number of carbonyl (C=O) groups excluding carboxylic acids is 1. The van der Waals surface area contributed by atoms with Crippen LogP contribution >= 0.6 is 0 Å². The van der Waals surface area contributed by atoms with E-state index in [1.54, 1.807) is 13.0 Å². The fourth-order valence-electron chi connectivity index (χ4n) is 8.40. The van der Waals surface area contributed by atoms with Crippen molar-refractivity contribution in [2.45, 2.75) is 116 Å². The van der Waals surface area contributed by atoms with Gasteiger partial charge in [-0.05, 0) is 92.6 Å². The Hall–Kier alpha value is -0.790. The predicted molar refractivity (Wildman–Crippen MR) is 130 cm³/mol. The number of fused-ring (bicyclic) bond motifs is 5. The zero-order chi connectivity index (χ0) is 25.4. The van der Waals surface area contributed by atoms with Gasteiger partial charge in [-0.2, -0.15) is 0 Å². The fourth-order valence-corrected chi connectivity index (χ4v) is 8.40. The highest BCUT2D eigenvalue weighted by Gasteiger charge is 2.69. The van der Waals surface area contributed by atoms with Crippen molar-refractivity contribution in [3.05, 3.63) is 11.6 Å². The second-order valence-electron chi connectivity index (χ2n) is 13.3. The molecule has 0 aromatic carbocycles. The van der Waals surface area contributed by atoms with Gasteiger partial charge in [0.25, 0.3) is 0 Å². The minimum Gasteiger partial charge on any atom is -0.390 e. The molecule has 0 spiro atoms. The molecule has 0 saturated heterocycles. The quantitative estimate of drug-likeness (QED) is 0.415. The van der Waals surface area contributed by atoms with Crippen LogP contribution in [-0.2, 0) is 4.79 Å². The molecule has 0 bridgehead atoms. The summed E-state index contributed by atoms with van der Waals surface area (Å²) in [6.07, 6.45) is 2.51. The number of carbonyl (C=O) groups is 1. The molecule has 6 nitrogen and oxygen atoms in total. The Bertz CT molecular complexity index is 850. The second kappa shape index (κ2) is 8.37. The van der Waals surface area contributed by atoms with E-state index in [0.29, 0.717) is 38.0 Å². The Labute approximate surface area is 204 Å². The molecule has 0 radical (unpaired) electrons. The molecule has 0 aromatic rings. The second-order valence-corrected chi connectivity index (χ2v) is 13.3. The first-order valence-electron chi connectivity index (χ1n) is 13.3. The molecule has 4 rings (SSSR count). The summed E-state index contributed by atoms with van der Waals surface area (Å²) >= 11 is 0. The van der Waals surface area contributed by atoms with Gasteiger partial charge in [-0.3, -0.25) is 4.79 Å². The molecule has 34 heavy (non-hydrogen) atoms. The number of ketones is 1. The van der Waals surface area contributed by atoms with Gasteiger partial charge in [-0.25, -0.2) is 0 Å². The van der Waals surface area contributed by atoms with Gasteiger partial charge in [0.2, 0.25) is 0 Å². The molecule has 0 heterocycles. The smallest absolute Gasteiger partial charge is 0.159 e. The van der Waals surface area contributed by atoms with Crippen molar-refractivity contribution in [1.82, 2.24) is 0 Å². The van der Waals surface area contributed by atoms with E-state index in [-0.39, 0.29) is 35.9 Å².